The number of carbonyl (C=O) groups excluding carboxylic acids is 1. The van der Waals surface area contributed by atoms with Gasteiger partial charge in [-0.15, -0.1) is 0 Å². The lowest BCUT2D eigenvalue weighted by molar-refractivity contribution is -0.0589. The minimum Gasteiger partial charge on any atom is -0.393 e. The van der Waals surface area contributed by atoms with E-state index < -0.39 is 11.9 Å². The first-order chi connectivity index (χ1) is 10.6. The summed E-state index contributed by atoms with van der Waals surface area (Å²) in [7, 11) is 0. The van der Waals surface area contributed by atoms with Crippen LogP contribution in [0.15, 0.2) is 18.2 Å². The van der Waals surface area contributed by atoms with E-state index >= 15 is 0 Å². The fraction of sp³-hybridized carbons (Fsp3) is 0.588. The summed E-state index contributed by atoms with van der Waals surface area (Å²) < 4.78 is 19.7. The van der Waals surface area contributed by atoms with Gasteiger partial charge in [0.2, 0.25) is 0 Å². The molecule has 0 bridgehead atoms. The van der Waals surface area contributed by atoms with Crippen molar-refractivity contribution in [1.82, 2.24) is 4.90 Å². The van der Waals surface area contributed by atoms with Crippen LogP contribution >= 0.6 is 0 Å². The zero-order valence-electron chi connectivity index (χ0n) is 12.8. The van der Waals surface area contributed by atoms with Gasteiger partial charge in [0.25, 0.3) is 5.91 Å². The molecule has 3 rings (SSSR count). The molecule has 2 aliphatic heterocycles. The van der Waals surface area contributed by atoms with Crippen LogP contribution in [0.2, 0.25) is 0 Å². The fourth-order valence-corrected chi connectivity index (χ4v) is 3.57. The van der Waals surface area contributed by atoms with Gasteiger partial charge in [0.05, 0.1) is 18.3 Å². The second-order valence-electron chi connectivity index (χ2n) is 6.24. The van der Waals surface area contributed by atoms with E-state index in [2.05, 4.69) is 0 Å². The molecule has 5 heteroatoms. The molecular weight excluding hydrogens is 285 g/mol. The van der Waals surface area contributed by atoms with Crippen LogP contribution in [-0.4, -0.2) is 47.8 Å². The molecule has 2 heterocycles. The number of halogens is 1. The summed E-state index contributed by atoms with van der Waals surface area (Å²) in [5, 5.41) is 10.2. The zero-order chi connectivity index (χ0) is 15.7. The number of aliphatic hydroxyl groups is 1. The summed E-state index contributed by atoms with van der Waals surface area (Å²) in [6.07, 6.45) is 1.87. The van der Waals surface area contributed by atoms with Crippen molar-refractivity contribution in [3.63, 3.8) is 0 Å². The Hall–Kier alpha value is -1.46. The minimum absolute atomic E-state index is 0.0669. The summed E-state index contributed by atoms with van der Waals surface area (Å²) in [6.45, 7) is 3.29. The molecule has 0 saturated carbocycles. The van der Waals surface area contributed by atoms with Gasteiger partial charge in [-0.25, -0.2) is 4.39 Å². The molecule has 0 aliphatic carbocycles. The SMILES string of the molecule is Cc1cccc(C(=O)N2CCC[C@@H]2[C@H]2COCC[C@@H]2O)c1F. The summed E-state index contributed by atoms with van der Waals surface area (Å²) in [4.78, 5) is 14.5. The standard InChI is InChI=1S/C17H22FNO3/c1-11-4-2-5-12(16(11)18)17(21)19-8-3-6-14(19)13-10-22-9-7-15(13)20/h2,4-5,13-15,20H,3,6-10H2,1H3/t13-,14-,15+/m1/s1. The Morgan fingerprint density at radius 1 is 1.41 bits per heavy atom. The van der Waals surface area contributed by atoms with E-state index in [1.54, 1.807) is 24.0 Å². The lowest BCUT2D eigenvalue weighted by atomic mass is 9.89. The summed E-state index contributed by atoms with van der Waals surface area (Å²) in [6, 6.07) is 4.83. The van der Waals surface area contributed by atoms with Crippen LogP contribution in [0.1, 0.15) is 35.2 Å². The molecule has 1 N–H and O–H groups in total. The highest BCUT2D eigenvalue weighted by Gasteiger charge is 2.40. The number of rotatable bonds is 2. The molecule has 2 aliphatic rings. The first-order valence-electron chi connectivity index (χ1n) is 7.91. The van der Waals surface area contributed by atoms with Crippen molar-refractivity contribution in [3.8, 4) is 0 Å². The Balaban J connectivity index is 1.83. The molecule has 1 aromatic carbocycles. The van der Waals surface area contributed by atoms with Crippen LogP contribution < -0.4 is 0 Å². The van der Waals surface area contributed by atoms with E-state index in [4.69, 9.17) is 4.74 Å². The van der Waals surface area contributed by atoms with E-state index in [9.17, 15) is 14.3 Å². The topological polar surface area (TPSA) is 49.8 Å². The molecule has 120 valence electrons. The van der Waals surface area contributed by atoms with Gasteiger partial charge in [-0.2, -0.15) is 0 Å². The fourth-order valence-electron chi connectivity index (χ4n) is 3.57. The van der Waals surface area contributed by atoms with Gasteiger partial charge in [0.15, 0.2) is 0 Å². The van der Waals surface area contributed by atoms with E-state index in [0.717, 1.165) is 12.8 Å². The van der Waals surface area contributed by atoms with E-state index in [1.807, 2.05) is 0 Å². The van der Waals surface area contributed by atoms with Crippen molar-refractivity contribution >= 4 is 5.91 Å². The quantitative estimate of drug-likeness (QED) is 0.910. The van der Waals surface area contributed by atoms with Gasteiger partial charge in [-0.1, -0.05) is 12.1 Å². The normalized spacial score (nSPS) is 28.9. The smallest absolute Gasteiger partial charge is 0.257 e. The lowest BCUT2D eigenvalue weighted by Gasteiger charge is -2.37. The monoisotopic (exact) mass is 307 g/mol. The second kappa shape index (κ2) is 6.34. The number of carbonyl (C=O) groups is 1. The molecule has 0 spiro atoms. The van der Waals surface area contributed by atoms with Crippen molar-refractivity contribution in [1.29, 1.82) is 0 Å². The van der Waals surface area contributed by atoms with Gasteiger partial charge < -0.3 is 14.7 Å². The van der Waals surface area contributed by atoms with Crippen molar-refractivity contribution < 1.29 is 19.0 Å². The Labute approximate surface area is 129 Å². The molecular formula is C17H22FNO3. The third kappa shape index (κ3) is 2.75. The van der Waals surface area contributed by atoms with Crippen LogP contribution in [0.25, 0.3) is 0 Å². The molecule has 2 saturated heterocycles. The average molecular weight is 307 g/mol. The number of likely N-dealkylation sites (tertiary alicyclic amines) is 1. The van der Waals surface area contributed by atoms with Crippen LogP contribution in [0.3, 0.4) is 0 Å². The van der Waals surface area contributed by atoms with Crippen LogP contribution in [-0.2, 0) is 4.74 Å². The van der Waals surface area contributed by atoms with Gasteiger partial charge >= 0.3 is 0 Å². The molecule has 1 amide bonds. The number of hydrogen-bond donors (Lipinski definition) is 1. The van der Waals surface area contributed by atoms with Crippen LogP contribution in [0, 0.1) is 18.7 Å². The zero-order valence-corrected chi connectivity index (χ0v) is 12.8. The van der Waals surface area contributed by atoms with Gasteiger partial charge in [-0.3, -0.25) is 4.79 Å². The van der Waals surface area contributed by atoms with E-state index in [-0.39, 0.29) is 23.4 Å². The highest BCUT2D eigenvalue weighted by Crippen LogP contribution is 2.31. The number of benzene rings is 1. The number of aliphatic hydroxyl groups excluding tert-OH is 1. The van der Waals surface area contributed by atoms with E-state index in [0.29, 0.717) is 31.7 Å². The highest BCUT2D eigenvalue weighted by molar-refractivity contribution is 5.95. The lowest BCUT2D eigenvalue weighted by Crippen LogP contribution is -2.48. The van der Waals surface area contributed by atoms with Crippen molar-refractivity contribution in [3.05, 3.63) is 35.1 Å². The average Bonchev–Trinajstić information content (AvgIpc) is 2.99. The molecule has 0 unspecified atom stereocenters. The second-order valence-corrected chi connectivity index (χ2v) is 6.24. The van der Waals surface area contributed by atoms with Crippen molar-refractivity contribution in [2.45, 2.75) is 38.3 Å². The van der Waals surface area contributed by atoms with Crippen molar-refractivity contribution in [2.24, 2.45) is 5.92 Å². The maximum Gasteiger partial charge on any atom is 0.257 e. The molecule has 2 fully saturated rings. The Morgan fingerprint density at radius 2 is 2.23 bits per heavy atom. The predicted octanol–water partition coefficient (Wildman–Crippen LogP) is 2.14. The van der Waals surface area contributed by atoms with Crippen LogP contribution in [0.4, 0.5) is 4.39 Å². The number of hydrogen-bond acceptors (Lipinski definition) is 3. The molecule has 0 radical (unpaired) electrons. The van der Waals surface area contributed by atoms with E-state index in [1.165, 1.54) is 6.07 Å². The number of nitrogens with zero attached hydrogens (tertiary/aromatic N) is 1. The first kappa shape index (κ1) is 15.4. The summed E-state index contributed by atoms with van der Waals surface area (Å²) >= 11 is 0. The highest BCUT2D eigenvalue weighted by atomic mass is 19.1. The third-order valence-corrected chi connectivity index (χ3v) is 4.84. The first-order valence-corrected chi connectivity index (χ1v) is 7.91. The largest absolute Gasteiger partial charge is 0.393 e. The minimum atomic E-state index is -0.450. The molecule has 4 nitrogen and oxygen atoms in total. The predicted molar refractivity (Wildman–Crippen MR) is 80.1 cm³/mol. The summed E-state index contributed by atoms with van der Waals surface area (Å²) in [5.41, 5.74) is 0.598. The van der Waals surface area contributed by atoms with Gasteiger partial charge in [0, 0.05) is 25.1 Å². The molecule has 3 atom stereocenters. The number of amides is 1. The van der Waals surface area contributed by atoms with Gasteiger partial charge in [-0.05, 0) is 37.8 Å². The third-order valence-electron chi connectivity index (χ3n) is 4.84. The molecule has 1 aromatic rings. The summed E-state index contributed by atoms with van der Waals surface area (Å²) in [5.74, 6) is -0.798. The molecule has 0 aromatic heterocycles. The molecule has 22 heavy (non-hydrogen) atoms. The Morgan fingerprint density at radius 3 is 3.00 bits per heavy atom. The van der Waals surface area contributed by atoms with Crippen molar-refractivity contribution in [2.75, 3.05) is 19.8 Å². The number of aryl methyl sites for hydroxylation is 1. The maximum absolute atomic E-state index is 14.2. The maximum atomic E-state index is 14.2. The Bertz CT molecular complexity index is 563. The number of ether oxygens (including phenoxy) is 1. The van der Waals surface area contributed by atoms with Gasteiger partial charge in [0.1, 0.15) is 5.82 Å². The van der Waals surface area contributed by atoms with Crippen LogP contribution in [0.5, 0.6) is 0 Å². The Kier molecular flexibility index (Phi) is 4.45.